The number of hydrogen-bond acceptors (Lipinski definition) is 4. The van der Waals surface area contributed by atoms with Crippen molar-refractivity contribution in [3.63, 3.8) is 0 Å². The molecule has 2 aliphatic carbocycles. The Kier molecular flexibility index (Phi) is 5.45. The molecule has 194 valence electrons. The molecule has 2 aromatic carbocycles. The monoisotopic (exact) mass is 501 g/mol. The largest absolute Gasteiger partial charge is 0.497 e. The summed E-state index contributed by atoms with van der Waals surface area (Å²) in [5.41, 5.74) is 4.55. The van der Waals surface area contributed by atoms with Crippen LogP contribution in [-0.2, 0) is 16.1 Å². The summed E-state index contributed by atoms with van der Waals surface area (Å²) in [5, 5.41) is 11.5. The van der Waals surface area contributed by atoms with E-state index in [1.54, 1.807) is 7.11 Å². The second kappa shape index (κ2) is 8.37. The average molecular weight is 502 g/mol. The molecule has 2 saturated carbocycles. The first-order valence-electron chi connectivity index (χ1n) is 13.4. The maximum absolute atomic E-state index is 13.0. The molecule has 1 aromatic heterocycles. The van der Waals surface area contributed by atoms with Crippen molar-refractivity contribution in [3.8, 4) is 17.0 Å². The van der Waals surface area contributed by atoms with Crippen molar-refractivity contribution in [2.45, 2.75) is 83.3 Å². The lowest BCUT2D eigenvalue weighted by molar-refractivity contribution is -0.144. The third-order valence-electron chi connectivity index (χ3n) is 8.58. The summed E-state index contributed by atoms with van der Waals surface area (Å²) in [5.74, 6) is -0.0205. The smallest absolute Gasteiger partial charge is 0.338 e. The van der Waals surface area contributed by atoms with Crippen molar-refractivity contribution in [1.29, 1.82) is 0 Å². The van der Waals surface area contributed by atoms with E-state index in [0.717, 1.165) is 46.3 Å². The van der Waals surface area contributed by atoms with E-state index in [9.17, 15) is 14.7 Å². The maximum Gasteiger partial charge on any atom is 0.338 e. The van der Waals surface area contributed by atoms with Crippen LogP contribution in [0.2, 0.25) is 0 Å². The van der Waals surface area contributed by atoms with Crippen LogP contribution < -0.4 is 4.74 Å². The van der Waals surface area contributed by atoms with Crippen molar-refractivity contribution in [2.24, 2.45) is 5.41 Å². The van der Waals surface area contributed by atoms with Crippen LogP contribution in [0.5, 0.6) is 5.75 Å². The van der Waals surface area contributed by atoms with E-state index in [0.29, 0.717) is 24.4 Å². The fraction of sp³-hybridized carbons (Fsp3) is 0.484. The van der Waals surface area contributed by atoms with Crippen LogP contribution in [0.1, 0.15) is 92.6 Å². The molecule has 6 rings (SSSR count). The molecule has 3 aromatic rings. The number of carboxylic acid groups (broad SMARTS) is 1. The molecule has 2 fully saturated rings. The standard InChI is InChI=1S/C31H35NO5/c1-30(2,3)37-28(33)19-10-12-22-25(14-19)32-17-31(29(34)35)16-24(31)23-15-20(36-4)11-13-21(23)27(32)26(22)18-8-6-5-7-9-18/h10-15,18,24H,5-9,16-17H2,1-4H3,(H,34,35)/t24-,31-/m0/s1. The van der Waals surface area contributed by atoms with Crippen LogP contribution in [0.25, 0.3) is 22.2 Å². The molecule has 2 atom stereocenters. The quantitative estimate of drug-likeness (QED) is 0.394. The van der Waals surface area contributed by atoms with Crippen LogP contribution in [-0.4, -0.2) is 34.3 Å². The highest BCUT2D eigenvalue weighted by Crippen LogP contribution is 2.65. The lowest BCUT2D eigenvalue weighted by atomic mass is 9.81. The number of methoxy groups -OCH3 is 1. The van der Waals surface area contributed by atoms with Crippen molar-refractivity contribution in [2.75, 3.05) is 7.11 Å². The Bertz CT molecular complexity index is 1420. The van der Waals surface area contributed by atoms with Gasteiger partial charge in [0.15, 0.2) is 0 Å². The Morgan fingerprint density at radius 1 is 1.05 bits per heavy atom. The van der Waals surface area contributed by atoms with Gasteiger partial charge in [0.05, 0.1) is 23.8 Å². The van der Waals surface area contributed by atoms with Gasteiger partial charge >= 0.3 is 11.9 Å². The summed E-state index contributed by atoms with van der Waals surface area (Å²) in [7, 11) is 1.65. The lowest BCUT2D eigenvalue weighted by Gasteiger charge is -2.24. The molecular weight excluding hydrogens is 466 g/mol. The molecule has 37 heavy (non-hydrogen) atoms. The van der Waals surface area contributed by atoms with E-state index in [2.05, 4.69) is 16.7 Å². The number of aromatic nitrogens is 1. The highest BCUT2D eigenvalue weighted by Gasteiger charge is 2.63. The Labute approximate surface area is 217 Å². The minimum atomic E-state index is -0.857. The predicted octanol–water partition coefficient (Wildman–Crippen LogP) is 6.89. The summed E-state index contributed by atoms with van der Waals surface area (Å²) in [4.78, 5) is 25.7. The number of hydrogen-bond donors (Lipinski definition) is 1. The summed E-state index contributed by atoms with van der Waals surface area (Å²) >= 11 is 0. The van der Waals surface area contributed by atoms with Crippen LogP contribution in [0.15, 0.2) is 36.4 Å². The van der Waals surface area contributed by atoms with Gasteiger partial charge in [-0.05, 0) is 87.4 Å². The molecule has 0 spiro atoms. The molecule has 2 heterocycles. The first kappa shape index (κ1) is 24.1. The number of fused-ring (bicyclic) bond motifs is 7. The van der Waals surface area contributed by atoms with Gasteiger partial charge in [-0.1, -0.05) is 25.3 Å². The number of carbonyl (C=O) groups is 2. The van der Waals surface area contributed by atoms with E-state index in [4.69, 9.17) is 9.47 Å². The minimum absolute atomic E-state index is 0.0571. The second-order valence-corrected chi connectivity index (χ2v) is 12.1. The van der Waals surface area contributed by atoms with E-state index >= 15 is 0 Å². The van der Waals surface area contributed by atoms with Gasteiger partial charge in [0.1, 0.15) is 11.4 Å². The molecule has 3 aliphatic rings. The Hall–Kier alpha value is -3.28. The Balaban J connectivity index is 1.63. The van der Waals surface area contributed by atoms with Gasteiger partial charge in [-0.2, -0.15) is 0 Å². The number of nitrogens with zero attached hydrogens (tertiary/aromatic N) is 1. The highest BCUT2D eigenvalue weighted by atomic mass is 16.6. The molecule has 0 unspecified atom stereocenters. The lowest BCUT2D eigenvalue weighted by Crippen LogP contribution is -2.24. The van der Waals surface area contributed by atoms with Gasteiger partial charge < -0.3 is 19.1 Å². The summed E-state index contributed by atoms with van der Waals surface area (Å²) in [6.07, 6.45) is 6.50. The zero-order valence-electron chi connectivity index (χ0n) is 22.1. The third-order valence-corrected chi connectivity index (χ3v) is 8.58. The van der Waals surface area contributed by atoms with Gasteiger partial charge in [0.25, 0.3) is 0 Å². The van der Waals surface area contributed by atoms with Crippen molar-refractivity contribution >= 4 is 22.8 Å². The second-order valence-electron chi connectivity index (χ2n) is 12.1. The molecule has 1 aliphatic heterocycles. The molecule has 0 radical (unpaired) electrons. The summed E-state index contributed by atoms with van der Waals surface area (Å²) in [6, 6.07) is 12.0. The van der Waals surface area contributed by atoms with E-state index in [1.165, 1.54) is 24.8 Å². The van der Waals surface area contributed by atoms with Crippen LogP contribution in [0.3, 0.4) is 0 Å². The molecule has 1 N–H and O–H groups in total. The molecule has 6 heteroatoms. The van der Waals surface area contributed by atoms with Gasteiger partial charge in [0.2, 0.25) is 0 Å². The molecule has 6 nitrogen and oxygen atoms in total. The maximum atomic E-state index is 13.0. The first-order valence-corrected chi connectivity index (χ1v) is 13.4. The number of aliphatic carboxylic acids is 1. The Morgan fingerprint density at radius 3 is 2.49 bits per heavy atom. The number of benzene rings is 2. The summed E-state index contributed by atoms with van der Waals surface area (Å²) < 4.78 is 13.4. The normalized spacial score (nSPS) is 23.0. The molecule has 0 saturated heterocycles. The average Bonchev–Trinajstić information content (AvgIpc) is 3.54. The van der Waals surface area contributed by atoms with Crippen LogP contribution in [0.4, 0.5) is 0 Å². The van der Waals surface area contributed by atoms with Crippen molar-refractivity contribution < 1.29 is 24.2 Å². The van der Waals surface area contributed by atoms with E-state index in [1.807, 2.05) is 45.0 Å². The third kappa shape index (κ3) is 3.84. The number of rotatable bonds is 4. The predicted molar refractivity (Wildman–Crippen MR) is 142 cm³/mol. The van der Waals surface area contributed by atoms with Crippen LogP contribution in [0, 0.1) is 5.41 Å². The van der Waals surface area contributed by atoms with Gasteiger partial charge in [-0.15, -0.1) is 0 Å². The number of ether oxygens (including phenoxy) is 2. The SMILES string of the molecule is COc1ccc2c(c1)[C@@H]1C[C@]1(C(=O)O)Cn1c-2c(C2CCCCC2)c2ccc(C(=O)OC(C)(C)C)cc21. The van der Waals surface area contributed by atoms with Crippen molar-refractivity contribution in [1.82, 2.24) is 4.57 Å². The van der Waals surface area contributed by atoms with Gasteiger partial charge in [-0.25, -0.2) is 4.79 Å². The summed E-state index contributed by atoms with van der Waals surface area (Å²) in [6.45, 7) is 5.98. The van der Waals surface area contributed by atoms with Crippen LogP contribution >= 0.6 is 0 Å². The van der Waals surface area contributed by atoms with E-state index < -0.39 is 17.0 Å². The molecular formula is C31H35NO5. The fourth-order valence-corrected chi connectivity index (χ4v) is 6.74. The molecule has 0 amide bonds. The highest BCUT2D eigenvalue weighted by molar-refractivity contribution is 6.00. The van der Waals surface area contributed by atoms with Crippen molar-refractivity contribution in [3.05, 3.63) is 53.1 Å². The molecule has 0 bridgehead atoms. The number of esters is 1. The fourth-order valence-electron chi connectivity index (χ4n) is 6.74. The first-order chi connectivity index (χ1) is 17.6. The Morgan fingerprint density at radius 2 is 1.81 bits per heavy atom. The van der Waals surface area contributed by atoms with E-state index in [-0.39, 0.29) is 11.9 Å². The minimum Gasteiger partial charge on any atom is -0.497 e. The van der Waals surface area contributed by atoms with Gasteiger partial charge in [-0.3, -0.25) is 4.79 Å². The zero-order valence-corrected chi connectivity index (χ0v) is 22.1. The zero-order chi connectivity index (χ0) is 26.1. The number of carboxylic acids is 1. The van der Waals surface area contributed by atoms with Gasteiger partial charge in [0, 0.05) is 28.9 Å². The topological polar surface area (TPSA) is 77.8 Å². The number of carbonyl (C=O) groups excluding carboxylic acids is 1.